The first-order valence-corrected chi connectivity index (χ1v) is 11.2. The molecule has 1 aliphatic heterocycles. The number of rotatable bonds is 8. The first-order valence-electron chi connectivity index (χ1n) is 10.3. The van der Waals surface area contributed by atoms with Gasteiger partial charge in [0.15, 0.2) is 11.5 Å². The zero-order valence-electron chi connectivity index (χ0n) is 18.3. The van der Waals surface area contributed by atoms with Crippen molar-refractivity contribution in [3.63, 3.8) is 0 Å². The normalized spacial score (nSPS) is 15.9. The van der Waals surface area contributed by atoms with Gasteiger partial charge < -0.3 is 28.4 Å². The number of hydrogen-bond donors (Lipinski definition) is 0. The van der Waals surface area contributed by atoms with Crippen LogP contribution in [0.25, 0.3) is 10.2 Å². The van der Waals surface area contributed by atoms with Crippen LogP contribution < -0.4 is 14.2 Å². The molecule has 1 unspecified atom stereocenters. The molecule has 1 aromatic carbocycles. The minimum Gasteiger partial charge on any atom is -0.493 e. The van der Waals surface area contributed by atoms with Gasteiger partial charge in [0.1, 0.15) is 5.69 Å². The maximum Gasteiger partial charge on any atom is 0.270 e. The van der Waals surface area contributed by atoms with E-state index in [-0.39, 0.29) is 12.0 Å². The van der Waals surface area contributed by atoms with E-state index in [2.05, 4.69) is 0 Å². The average Bonchev–Trinajstić information content (AvgIpc) is 3.52. The predicted molar refractivity (Wildman–Crippen MR) is 121 cm³/mol. The molecule has 0 N–H and O–H groups in total. The Kier molecular flexibility index (Phi) is 6.38. The highest BCUT2D eigenvalue weighted by Gasteiger charge is 2.28. The molecule has 4 rings (SSSR count). The fourth-order valence-corrected chi connectivity index (χ4v) is 5.01. The second-order valence-electron chi connectivity index (χ2n) is 7.57. The second-order valence-corrected chi connectivity index (χ2v) is 8.52. The van der Waals surface area contributed by atoms with E-state index in [1.54, 1.807) is 32.7 Å². The van der Waals surface area contributed by atoms with Crippen molar-refractivity contribution in [2.24, 2.45) is 7.05 Å². The van der Waals surface area contributed by atoms with Gasteiger partial charge in [0, 0.05) is 32.3 Å². The summed E-state index contributed by atoms with van der Waals surface area (Å²) < 4.78 is 25.5. The number of aromatic nitrogens is 1. The fourth-order valence-electron chi connectivity index (χ4n) is 4.16. The van der Waals surface area contributed by atoms with Crippen LogP contribution in [0, 0.1) is 0 Å². The molecule has 0 bridgehead atoms. The van der Waals surface area contributed by atoms with E-state index in [1.807, 2.05) is 46.2 Å². The van der Waals surface area contributed by atoms with E-state index in [4.69, 9.17) is 18.9 Å². The highest BCUT2D eigenvalue weighted by atomic mass is 32.1. The van der Waals surface area contributed by atoms with Gasteiger partial charge in [0.2, 0.25) is 5.75 Å². The number of fused-ring (bicyclic) bond motifs is 1. The lowest BCUT2D eigenvalue weighted by Gasteiger charge is -2.27. The lowest BCUT2D eigenvalue weighted by atomic mass is 10.1. The van der Waals surface area contributed by atoms with Gasteiger partial charge >= 0.3 is 0 Å². The Morgan fingerprint density at radius 2 is 2.00 bits per heavy atom. The van der Waals surface area contributed by atoms with Gasteiger partial charge in [-0.3, -0.25) is 4.79 Å². The van der Waals surface area contributed by atoms with Crippen molar-refractivity contribution in [2.45, 2.75) is 25.5 Å². The molecule has 0 radical (unpaired) electrons. The zero-order valence-corrected chi connectivity index (χ0v) is 19.2. The Morgan fingerprint density at radius 1 is 1.19 bits per heavy atom. The van der Waals surface area contributed by atoms with E-state index in [0.29, 0.717) is 36.0 Å². The topological polar surface area (TPSA) is 62.2 Å². The van der Waals surface area contributed by atoms with Crippen LogP contribution in [0.15, 0.2) is 29.6 Å². The summed E-state index contributed by atoms with van der Waals surface area (Å²) >= 11 is 1.64. The lowest BCUT2D eigenvalue weighted by Crippen LogP contribution is -2.37. The molecule has 166 valence electrons. The largest absolute Gasteiger partial charge is 0.493 e. The number of thiophene rings is 1. The minimum atomic E-state index is -0.0294. The molecular formula is C23H28N2O5S. The van der Waals surface area contributed by atoms with Crippen LogP contribution >= 0.6 is 11.3 Å². The Morgan fingerprint density at radius 3 is 2.65 bits per heavy atom. The number of carbonyl (C=O) groups excluding carboxylic acids is 1. The Bertz CT molecular complexity index is 1070. The van der Waals surface area contributed by atoms with E-state index in [1.165, 1.54) is 0 Å². The van der Waals surface area contributed by atoms with Crippen LogP contribution in [0.5, 0.6) is 17.2 Å². The molecule has 2 aromatic heterocycles. The average molecular weight is 445 g/mol. The Labute approximate surface area is 186 Å². The van der Waals surface area contributed by atoms with Crippen molar-refractivity contribution in [3.05, 3.63) is 40.9 Å². The van der Waals surface area contributed by atoms with Crippen molar-refractivity contribution in [3.8, 4) is 17.2 Å². The molecule has 3 aromatic rings. The summed E-state index contributed by atoms with van der Waals surface area (Å²) in [5.41, 5.74) is 2.58. The van der Waals surface area contributed by atoms with Crippen molar-refractivity contribution >= 4 is 27.5 Å². The van der Waals surface area contributed by atoms with E-state index < -0.39 is 0 Å². The second kappa shape index (κ2) is 9.20. The summed E-state index contributed by atoms with van der Waals surface area (Å²) in [6.07, 6.45) is 2.01. The highest BCUT2D eigenvalue weighted by molar-refractivity contribution is 7.17. The maximum atomic E-state index is 13.7. The highest BCUT2D eigenvalue weighted by Crippen LogP contribution is 2.40. The molecule has 1 atom stereocenters. The molecule has 31 heavy (non-hydrogen) atoms. The van der Waals surface area contributed by atoms with Crippen LogP contribution in [0.3, 0.4) is 0 Å². The van der Waals surface area contributed by atoms with Gasteiger partial charge in [0.05, 0.1) is 37.6 Å². The summed E-state index contributed by atoms with van der Waals surface area (Å²) in [6, 6.07) is 7.76. The summed E-state index contributed by atoms with van der Waals surface area (Å²) in [4.78, 5) is 15.5. The molecular weight excluding hydrogens is 416 g/mol. The first kappa shape index (κ1) is 21.5. The number of nitrogens with zero attached hydrogens (tertiary/aromatic N) is 2. The molecule has 3 heterocycles. The van der Waals surface area contributed by atoms with Crippen LogP contribution in [-0.2, 0) is 18.3 Å². The Hall–Kier alpha value is -2.71. The molecule has 0 saturated carbocycles. The SMILES string of the molecule is COc1ccc(CN(CC2CCCO2)C(=O)c2cc3sccc3n2C)c(OC)c1OC. The standard InChI is InChI=1S/C23H28N2O5S/c1-24-17-9-11-31-20(17)12-18(24)23(26)25(14-16-6-5-10-30-16)13-15-7-8-19(27-2)22(29-4)21(15)28-3/h7-9,11-12,16H,5-6,10,13-14H2,1-4H3. The molecule has 1 aliphatic rings. The van der Waals surface area contributed by atoms with Crippen LogP contribution in [-0.4, -0.2) is 56.0 Å². The van der Waals surface area contributed by atoms with Gasteiger partial charge in [-0.1, -0.05) is 0 Å². The predicted octanol–water partition coefficient (Wildman–Crippen LogP) is 4.09. The number of hydrogen-bond acceptors (Lipinski definition) is 6. The number of benzene rings is 1. The van der Waals surface area contributed by atoms with Crippen LogP contribution in [0.4, 0.5) is 0 Å². The van der Waals surface area contributed by atoms with Crippen LogP contribution in [0.2, 0.25) is 0 Å². The fraction of sp³-hybridized carbons (Fsp3) is 0.435. The minimum absolute atomic E-state index is 0.0294. The first-order chi connectivity index (χ1) is 15.1. The van der Waals surface area contributed by atoms with Crippen LogP contribution in [0.1, 0.15) is 28.9 Å². The van der Waals surface area contributed by atoms with E-state index in [9.17, 15) is 4.79 Å². The third kappa shape index (κ3) is 4.09. The van der Waals surface area contributed by atoms with Gasteiger partial charge in [0.25, 0.3) is 5.91 Å². The summed E-state index contributed by atoms with van der Waals surface area (Å²) in [6.45, 7) is 1.64. The Balaban J connectivity index is 1.69. The van der Waals surface area contributed by atoms with Gasteiger partial charge in [-0.25, -0.2) is 0 Å². The molecule has 1 fully saturated rings. The number of aryl methyl sites for hydroxylation is 1. The molecule has 7 nitrogen and oxygen atoms in total. The lowest BCUT2D eigenvalue weighted by molar-refractivity contribution is 0.0498. The van der Waals surface area contributed by atoms with Gasteiger partial charge in [-0.05, 0) is 42.5 Å². The number of amides is 1. The number of ether oxygens (including phenoxy) is 4. The smallest absolute Gasteiger partial charge is 0.270 e. The maximum absolute atomic E-state index is 13.7. The zero-order chi connectivity index (χ0) is 22.0. The third-order valence-electron chi connectivity index (χ3n) is 5.77. The number of carbonyl (C=O) groups is 1. The molecule has 1 saturated heterocycles. The monoisotopic (exact) mass is 444 g/mol. The van der Waals surface area contributed by atoms with Crippen molar-refractivity contribution in [1.82, 2.24) is 9.47 Å². The van der Waals surface area contributed by atoms with Crippen molar-refractivity contribution in [2.75, 3.05) is 34.5 Å². The van der Waals surface area contributed by atoms with Crippen molar-refractivity contribution < 1.29 is 23.7 Å². The molecule has 8 heteroatoms. The van der Waals surface area contributed by atoms with Crippen molar-refractivity contribution in [1.29, 1.82) is 0 Å². The number of methoxy groups -OCH3 is 3. The third-order valence-corrected chi connectivity index (χ3v) is 6.62. The summed E-state index contributed by atoms with van der Waals surface area (Å²) in [7, 11) is 6.70. The quantitative estimate of drug-likeness (QED) is 0.524. The molecule has 1 amide bonds. The van der Waals surface area contributed by atoms with E-state index >= 15 is 0 Å². The molecule has 0 spiro atoms. The summed E-state index contributed by atoms with van der Waals surface area (Å²) in [5, 5.41) is 2.04. The van der Waals surface area contributed by atoms with Gasteiger partial charge in [-0.15, -0.1) is 11.3 Å². The molecule has 0 aliphatic carbocycles. The summed E-state index contributed by atoms with van der Waals surface area (Å²) in [5.74, 6) is 1.65. The van der Waals surface area contributed by atoms with E-state index in [0.717, 1.165) is 35.2 Å². The van der Waals surface area contributed by atoms with Gasteiger partial charge in [-0.2, -0.15) is 0 Å².